The van der Waals surface area contributed by atoms with Gasteiger partial charge in [0.2, 0.25) is 0 Å². The van der Waals surface area contributed by atoms with E-state index in [1.54, 1.807) is 12.4 Å². The molecule has 118 valence electrons. The molecule has 1 amide bonds. The van der Waals surface area contributed by atoms with E-state index < -0.39 is 12.2 Å². The van der Waals surface area contributed by atoms with Gasteiger partial charge in [-0.2, -0.15) is 0 Å². The summed E-state index contributed by atoms with van der Waals surface area (Å²) < 4.78 is 5.43. The van der Waals surface area contributed by atoms with Gasteiger partial charge in [0.05, 0.1) is 11.4 Å². The van der Waals surface area contributed by atoms with Crippen molar-refractivity contribution in [3.8, 4) is 11.3 Å². The number of aromatic nitrogens is 2. The minimum absolute atomic E-state index is 0.342. The highest BCUT2D eigenvalue weighted by atomic mass is 16.6. The molecule has 3 heterocycles. The summed E-state index contributed by atoms with van der Waals surface area (Å²) in [5.74, 6) is 0. The first-order chi connectivity index (χ1) is 11.8. The van der Waals surface area contributed by atoms with Gasteiger partial charge in [-0.05, 0) is 18.2 Å². The summed E-state index contributed by atoms with van der Waals surface area (Å²) in [6.07, 6.45) is 2.51. The van der Waals surface area contributed by atoms with Gasteiger partial charge < -0.3 is 10.1 Å². The van der Waals surface area contributed by atoms with Gasteiger partial charge in [0.15, 0.2) is 6.10 Å². The van der Waals surface area contributed by atoms with E-state index in [4.69, 9.17) is 9.72 Å². The normalized spacial score (nSPS) is 19.6. The summed E-state index contributed by atoms with van der Waals surface area (Å²) in [6, 6.07) is 19.1. The molecular formula is C19H15N3O2. The average Bonchev–Trinajstić information content (AvgIpc) is 3.05. The largest absolute Gasteiger partial charge is 0.439 e. The Morgan fingerprint density at radius 2 is 1.83 bits per heavy atom. The molecule has 5 nitrogen and oxygen atoms in total. The molecule has 0 saturated carbocycles. The number of pyridine rings is 2. The lowest BCUT2D eigenvalue weighted by molar-refractivity contribution is 0.131. The van der Waals surface area contributed by atoms with Crippen LogP contribution < -0.4 is 5.32 Å². The van der Waals surface area contributed by atoms with Crippen LogP contribution in [0, 0.1) is 0 Å². The lowest BCUT2D eigenvalue weighted by atomic mass is 10.0. The lowest BCUT2D eigenvalue weighted by Gasteiger charge is -2.17. The van der Waals surface area contributed by atoms with Crippen molar-refractivity contribution in [2.45, 2.75) is 12.1 Å². The molecule has 1 aliphatic heterocycles. The molecule has 0 spiro atoms. The molecule has 1 aromatic carbocycles. The molecule has 0 unspecified atom stereocenters. The first kappa shape index (κ1) is 14.4. The number of amides is 1. The number of nitrogens with one attached hydrogen (secondary N) is 1. The zero-order chi connectivity index (χ0) is 16.4. The first-order valence-corrected chi connectivity index (χ1v) is 7.71. The highest BCUT2D eigenvalue weighted by Gasteiger charge is 2.37. The van der Waals surface area contributed by atoms with Crippen molar-refractivity contribution in [1.29, 1.82) is 0 Å². The van der Waals surface area contributed by atoms with Gasteiger partial charge in [0.1, 0.15) is 6.04 Å². The fraction of sp³-hybridized carbons (Fsp3) is 0.105. The van der Waals surface area contributed by atoms with Gasteiger partial charge in [-0.3, -0.25) is 9.97 Å². The number of cyclic esters (lactones) is 1. The number of nitrogens with zero attached hydrogens (tertiary/aromatic N) is 2. The Bertz CT molecular complexity index is 853. The van der Waals surface area contributed by atoms with Crippen molar-refractivity contribution in [1.82, 2.24) is 15.3 Å². The van der Waals surface area contributed by atoms with E-state index in [0.717, 1.165) is 22.5 Å². The minimum Gasteiger partial charge on any atom is -0.439 e. The first-order valence-electron chi connectivity index (χ1n) is 7.71. The van der Waals surface area contributed by atoms with Crippen LogP contribution in [0.5, 0.6) is 0 Å². The molecule has 0 bridgehead atoms. The second-order valence-electron chi connectivity index (χ2n) is 5.55. The molecule has 1 fully saturated rings. The Hall–Kier alpha value is -3.21. The summed E-state index contributed by atoms with van der Waals surface area (Å²) in [6.45, 7) is 0. The van der Waals surface area contributed by atoms with E-state index in [9.17, 15) is 4.79 Å². The van der Waals surface area contributed by atoms with Crippen molar-refractivity contribution in [3.63, 3.8) is 0 Å². The van der Waals surface area contributed by atoms with Gasteiger partial charge in [0.25, 0.3) is 0 Å². The van der Waals surface area contributed by atoms with Gasteiger partial charge in [-0.25, -0.2) is 4.79 Å². The van der Waals surface area contributed by atoms with Gasteiger partial charge in [0, 0.05) is 23.5 Å². The molecule has 0 radical (unpaired) electrons. The molecule has 1 saturated heterocycles. The van der Waals surface area contributed by atoms with Gasteiger partial charge >= 0.3 is 6.09 Å². The van der Waals surface area contributed by atoms with Crippen LogP contribution in [0.15, 0.2) is 73.1 Å². The van der Waals surface area contributed by atoms with E-state index in [2.05, 4.69) is 10.3 Å². The third-order valence-electron chi connectivity index (χ3n) is 3.98. The summed E-state index contributed by atoms with van der Waals surface area (Å²) >= 11 is 0. The molecule has 1 aliphatic rings. The smallest absolute Gasteiger partial charge is 0.408 e. The summed E-state index contributed by atoms with van der Waals surface area (Å²) in [7, 11) is 0. The summed E-state index contributed by atoms with van der Waals surface area (Å²) in [4.78, 5) is 20.6. The molecular weight excluding hydrogens is 302 g/mol. The molecule has 1 N–H and O–H groups in total. The van der Waals surface area contributed by atoms with E-state index in [1.165, 1.54) is 0 Å². The number of ether oxygens (including phenoxy) is 1. The second kappa shape index (κ2) is 6.12. The minimum atomic E-state index is -0.444. The van der Waals surface area contributed by atoms with Gasteiger partial charge in [-0.15, -0.1) is 0 Å². The second-order valence-corrected chi connectivity index (χ2v) is 5.55. The standard InChI is InChI=1S/C19H15N3O2/c23-19-22-17(18(24-19)14-8-5-11-20-12-14)16-10-4-9-15(21-16)13-6-2-1-3-7-13/h1-12,17-18H,(H,22,23)/t17-,18-/m0/s1. The van der Waals surface area contributed by atoms with Crippen LogP contribution in [0.2, 0.25) is 0 Å². The van der Waals surface area contributed by atoms with Crippen molar-refractivity contribution in [2.24, 2.45) is 0 Å². The number of carbonyl (C=O) groups excluding carboxylic acids is 1. The van der Waals surface area contributed by atoms with Gasteiger partial charge in [-0.1, -0.05) is 42.5 Å². The van der Waals surface area contributed by atoms with Crippen LogP contribution in [-0.4, -0.2) is 16.1 Å². The number of carbonyl (C=O) groups is 1. The zero-order valence-corrected chi connectivity index (χ0v) is 12.8. The Kier molecular flexibility index (Phi) is 3.67. The third-order valence-corrected chi connectivity index (χ3v) is 3.98. The monoisotopic (exact) mass is 317 g/mol. The fourth-order valence-electron chi connectivity index (χ4n) is 2.85. The van der Waals surface area contributed by atoms with Crippen molar-refractivity contribution >= 4 is 6.09 Å². The molecule has 0 aliphatic carbocycles. The highest BCUT2D eigenvalue weighted by molar-refractivity contribution is 5.71. The van der Waals surface area contributed by atoms with Crippen molar-refractivity contribution < 1.29 is 9.53 Å². The molecule has 2 atom stereocenters. The van der Waals surface area contributed by atoms with Crippen LogP contribution in [0.1, 0.15) is 23.4 Å². The van der Waals surface area contributed by atoms with Crippen LogP contribution in [0.3, 0.4) is 0 Å². The Morgan fingerprint density at radius 3 is 2.62 bits per heavy atom. The van der Waals surface area contributed by atoms with E-state index in [-0.39, 0.29) is 6.04 Å². The van der Waals surface area contributed by atoms with E-state index >= 15 is 0 Å². The van der Waals surface area contributed by atoms with Crippen LogP contribution >= 0.6 is 0 Å². The van der Waals surface area contributed by atoms with Crippen molar-refractivity contribution in [3.05, 3.63) is 84.3 Å². The molecule has 2 aromatic heterocycles. The van der Waals surface area contributed by atoms with E-state index in [1.807, 2.05) is 60.7 Å². The Balaban J connectivity index is 1.71. The molecule has 3 aromatic rings. The molecule has 4 rings (SSSR count). The quantitative estimate of drug-likeness (QED) is 0.800. The zero-order valence-electron chi connectivity index (χ0n) is 12.8. The maximum Gasteiger partial charge on any atom is 0.408 e. The Morgan fingerprint density at radius 1 is 0.958 bits per heavy atom. The lowest BCUT2D eigenvalue weighted by Crippen LogP contribution is -2.20. The number of alkyl carbamates (subject to hydrolysis) is 1. The Labute approximate surface area is 139 Å². The topological polar surface area (TPSA) is 64.1 Å². The highest BCUT2D eigenvalue weighted by Crippen LogP contribution is 2.36. The maximum atomic E-state index is 11.8. The van der Waals surface area contributed by atoms with E-state index in [0.29, 0.717) is 0 Å². The third kappa shape index (κ3) is 2.72. The predicted octanol–water partition coefficient (Wildman–Crippen LogP) is 3.67. The number of rotatable bonds is 3. The van der Waals surface area contributed by atoms with Crippen molar-refractivity contribution in [2.75, 3.05) is 0 Å². The summed E-state index contributed by atoms with van der Waals surface area (Å²) in [5, 5.41) is 2.85. The number of hydrogen-bond acceptors (Lipinski definition) is 4. The predicted molar refractivity (Wildman–Crippen MR) is 89.0 cm³/mol. The summed E-state index contributed by atoms with van der Waals surface area (Å²) in [5.41, 5.74) is 3.49. The average molecular weight is 317 g/mol. The van der Waals surface area contributed by atoms with Crippen LogP contribution in [0.4, 0.5) is 4.79 Å². The van der Waals surface area contributed by atoms with Crippen LogP contribution in [0.25, 0.3) is 11.3 Å². The number of benzene rings is 1. The fourth-order valence-corrected chi connectivity index (χ4v) is 2.85. The molecule has 24 heavy (non-hydrogen) atoms. The SMILES string of the molecule is O=C1N[C@@H](c2cccc(-c3ccccc3)n2)[C@H](c2cccnc2)O1. The number of hydrogen-bond donors (Lipinski definition) is 1. The maximum absolute atomic E-state index is 11.8. The molecule has 5 heteroatoms. The van der Waals surface area contributed by atoms with Crippen LogP contribution in [-0.2, 0) is 4.74 Å².